The first kappa shape index (κ1) is 12.9. The molecule has 0 spiro atoms. The van der Waals surface area contributed by atoms with E-state index >= 15 is 0 Å². The number of aromatic amines is 1. The summed E-state index contributed by atoms with van der Waals surface area (Å²) in [6.07, 6.45) is 0. The van der Waals surface area contributed by atoms with Gasteiger partial charge in [0.2, 0.25) is 11.7 Å². The molecule has 0 aliphatic carbocycles. The number of carbonyl (C=O) groups excluding carboxylic acids is 1. The summed E-state index contributed by atoms with van der Waals surface area (Å²) >= 11 is 3.42. The van der Waals surface area contributed by atoms with E-state index < -0.39 is 5.97 Å². The summed E-state index contributed by atoms with van der Waals surface area (Å²) in [5.41, 5.74) is 2.15. The number of benzene rings is 1. The van der Waals surface area contributed by atoms with E-state index in [4.69, 9.17) is 4.74 Å². The maximum absolute atomic E-state index is 11.6. The van der Waals surface area contributed by atoms with Crippen molar-refractivity contribution in [1.82, 2.24) is 15.0 Å². The fraction of sp³-hybridized carbons (Fsp3) is 0.154. The quantitative estimate of drug-likeness (QED) is 0.728. The molecule has 2 heterocycles. The van der Waals surface area contributed by atoms with E-state index in [1.807, 2.05) is 18.2 Å². The lowest BCUT2D eigenvalue weighted by atomic mass is 10.2. The zero-order valence-corrected chi connectivity index (χ0v) is 12.3. The molecule has 0 atom stereocenters. The minimum absolute atomic E-state index is 0.0299. The van der Waals surface area contributed by atoms with Crippen LogP contribution in [0, 0.1) is 0 Å². The smallest absolute Gasteiger partial charge is 0.376 e. The molecule has 0 unspecified atom stereocenters. The number of aromatic nitrogens is 3. The van der Waals surface area contributed by atoms with Crippen molar-refractivity contribution in [3.8, 4) is 5.88 Å². The number of rotatable bonds is 2. The summed E-state index contributed by atoms with van der Waals surface area (Å²) in [7, 11) is 2.78. The first-order valence-corrected chi connectivity index (χ1v) is 6.54. The Kier molecular flexibility index (Phi) is 3.06. The normalized spacial score (nSPS) is 10.9. The van der Waals surface area contributed by atoms with Crippen molar-refractivity contribution in [2.75, 3.05) is 14.2 Å². The van der Waals surface area contributed by atoms with E-state index in [2.05, 4.69) is 35.6 Å². The fourth-order valence-corrected chi connectivity index (χ4v) is 2.40. The Labute approximate surface area is 122 Å². The van der Waals surface area contributed by atoms with Crippen LogP contribution in [0.1, 0.15) is 10.6 Å². The predicted octanol–water partition coefficient (Wildman–Crippen LogP) is 2.67. The molecular formula is C13H10BrN3O3. The highest BCUT2D eigenvalue weighted by Gasteiger charge is 2.18. The number of fused-ring (bicyclic) bond motifs is 3. The van der Waals surface area contributed by atoms with Crippen LogP contribution in [0.2, 0.25) is 0 Å². The van der Waals surface area contributed by atoms with Crippen LogP contribution >= 0.6 is 15.9 Å². The molecule has 0 bridgehead atoms. The zero-order valence-electron chi connectivity index (χ0n) is 10.7. The van der Waals surface area contributed by atoms with E-state index in [1.165, 1.54) is 14.2 Å². The van der Waals surface area contributed by atoms with Crippen LogP contribution in [0.15, 0.2) is 22.7 Å². The second-order valence-electron chi connectivity index (χ2n) is 4.09. The van der Waals surface area contributed by atoms with Gasteiger partial charge in [0.1, 0.15) is 11.0 Å². The topological polar surface area (TPSA) is 77.1 Å². The molecule has 0 fully saturated rings. The van der Waals surface area contributed by atoms with Crippen molar-refractivity contribution in [3.05, 3.63) is 28.5 Å². The van der Waals surface area contributed by atoms with Crippen molar-refractivity contribution in [2.24, 2.45) is 0 Å². The molecule has 0 saturated carbocycles. The largest absolute Gasteiger partial charge is 0.479 e. The zero-order chi connectivity index (χ0) is 14.3. The standard InChI is InChI=1S/C13H10BrN3O3/c1-19-12-10-9(16-11(17-12)13(18)20-2)7-5-6(14)3-4-8(7)15-10/h3-5,15H,1-2H3. The van der Waals surface area contributed by atoms with Gasteiger partial charge in [0.25, 0.3) is 0 Å². The molecule has 3 aromatic rings. The van der Waals surface area contributed by atoms with Crippen LogP contribution in [0.4, 0.5) is 0 Å². The van der Waals surface area contributed by atoms with Crippen LogP contribution < -0.4 is 4.74 Å². The maximum Gasteiger partial charge on any atom is 0.376 e. The number of hydrogen-bond acceptors (Lipinski definition) is 5. The Morgan fingerprint density at radius 2 is 2.10 bits per heavy atom. The van der Waals surface area contributed by atoms with Crippen molar-refractivity contribution in [3.63, 3.8) is 0 Å². The lowest BCUT2D eigenvalue weighted by Crippen LogP contribution is -2.08. The molecule has 0 aliphatic rings. The first-order chi connectivity index (χ1) is 9.63. The summed E-state index contributed by atoms with van der Waals surface area (Å²) in [5.74, 6) is -0.324. The van der Waals surface area contributed by atoms with Crippen LogP contribution in [-0.4, -0.2) is 35.1 Å². The average Bonchev–Trinajstić information content (AvgIpc) is 2.83. The molecule has 0 aliphatic heterocycles. The van der Waals surface area contributed by atoms with Gasteiger partial charge in [-0.15, -0.1) is 0 Å². The monoisotopic (exact) mass is 335 g/mol. The number of ether oxygens (including phenoxy) is 2. The molecule has 1 aromatic carbocycles. The Hall–Kier alpha value is -2.15. The van der Waals surface area contributed by atoms with Gasteiger partial charge in [-0.25, -0.2) is 9.78 Å². The highest BCUT2D eigenvalue weighted by atomic mass is 79.9. The summed E-state index contributed by atoms with van der Waals surface area (Å²) < 4.78 is 10.8. The maximum atomic E-state index is 11.6. The SMILES string of the molecule is COC(=O)c1nc(OC)c2[nH]c3ccc(Br)cc3c2n1. The van der Waals surface area contributed by atoms with Gasteiger partial charge in [0, 0.05) is 15.4 Å². The van der Waals surface area contributed by atoms with Crippen LogP contribution in [0.3, 0.4) is 0 Å². The number of nitrogens with one attached hydrogen (secondary N) is 1. The number of hydrogen-bond donors (Lipinski definition) is 1. The van der Waals surface area contributed by atoms with Gasteiger partial charge in [-0.1, -0.05) is 15.9 Å². The second kappa shape index (κ2) is 4.75. The summed E-state index contributed by atoms with van der Waals surface area (Å²) in [6, 6.07) is 5.75. The third kappa shape index (κ3) is 1.90. The van der Waals surface area contributed by atoms with Gasteiger partial charge < -0.3 is 14.5 Å². The number of H-pyrrole nitrogens is 1. The van der Waals surface area contributed by atoms with Gasteiger partial charge in [-0.05, 0) is 18.2 Å². The average molecular weight is 336 g/mol. The van der Waals surface area contributed by atoms with Gasteiger partial charge in [-0.3, -0.25) is 0 Å². The molecule has 20 heavy (non-hydrogen) atoms. The van der Waals surface area contributed by atoms with E-state index in [1.54, 1.807) is 0 Å². The fourth-order valence-electron chi connectivity index (χ4n) is 2.03. The minimum atomic E-state index is -0.602. The molecule has 0 radical (unpaired) electrons. The number of nitrogens with zero attached hydrogens (tertiary/aromatic N) is 2. The Bertz CT molecular complexity index is 828. The van der Waals surface area contributed by atoms with Gasteiger partial charge >= 0.3 is 5.97 Å². The minimum Gasteiger partial charge on any atom is -0.479 e. The number of esters is 1. The van der Waals surface area contributed by atoms with Gasteiger partial charge in [0.15, 0.2) is 0 Å². The van der Waals surface area contributed by atoms with Gasteiger partial charge in [0.05, 0.1) is 14.2 Å². The molecule has 0 saturated heterocycles. The molecule has 7 heteroatoms. The summed E-state index contributed by atoms with van der Waals surface area (Å²) in [5, 5.41) is 0.875. The molecule has 0 amide bonds. The number of carbonyl (C=O) groups is 1. The molecule has 102 valence electrons. The lowest BCUT2D eigenvalue weighted by molar-refractivity contribution is 0.0586. The van der Waals surface area contributed by atoms with E-state index in [-0.39, 0.29) is 5.82 Å². The molecular weight excluding hydrogens is 326 g/mol. The predicted molar refractivity (Wildman–Crippen MR) is 77.0 cm³/mol. The van der Waals surface area contributed by atoms with Crippen molar-refractivity contribution < 1.29 is 14.3 Å². The Morgan fingerprint density at radius 3 is 2.80 bits per heavy atom. The third-order valence-electron chi connectivity index (χ3n) is 2.93. The molecule has 6 nitrogen and oxygen atoms in total. The lowest BCUT2D eigenvalue weighted by Gasteiger charge is -2.03. The van der Waals surface area contributed by atoms with Crippen LogP contribution in [0.25, 0.3) is 21.9 Å². The van der Waals surface area contributed by atoms with Crippen LogP contribution in [0.5, 0.6) is 5.88 Å². The third-order valence-corrected chi connectivity index (χ3v) is 3.43. The molecule has 2 aromatic heterocycles. The van der Waals surface area contributed by atoms with E-state index in [0.717, 1.165) is 15.4 Å². The number of halogens is 1. The Morgan fingerprint density at radius 1 is 1.30 bits per heavy atom. The van der Waals surface area contributed by atoms with E-state index in [9.17, 15) is 4.79 Å². The highest BCUT2D eigenvalue weighted by Crippen LogP contribution is 2.30. The first-order valence-electron chi connectivity index (χ1n) is 5.75. The summed E-state index contributed by atoms with van der Waals surface area (Å²) in [6.45, 7) is 0. The van der Waals surface area contributed by atoms with Crippen molar-refractivity contribution in [2.45, 2.75) is 0 Å². The van der Waals surface area contributed by atoms with Crippen molar-refractivity contribution in [1.29, 1.82) is 0 Å². The van der Waals surface area contributed by atoms with Crippen LogP contribution in [-0.2, 0) is 4.74 Å². The Balaban J connectivity index is 2.41. The van der Waals surface area contributed by atoms with Gasteiger partial charge in [-0.2, -0.15) is 4.98 Å². The van der Waals surface area contributed by atoms with E-state index in [0.29, 0.717) is 16.9 Å². The summed E-state index contributed by atoms with van der Waals surface area (Å²) in [4.78, 5) is 23.1. The molecule has 3 rings (SSSR count). The second-order valence-corrected chi connectivity index (χ2v) is 5.00. The number of methoxy groups -OCH3 is 2. The molecule has 1 N–H and O–H groups in total. The van der Waals surface area contributed by atoms with Crippen molar-refractivity contribution >= 4 is 43.8 Å². The highest BCUT2D eigenvalue weighted by molar-refractivity contribution is 9.10.